The Labute approximate surface area is 130 Å². The van der Waals surface area contributed by atoms with E-state index in [1.54, 1.807) is 35.0 Å². The van der Waals surface area contributed by atoms with Crippen LogP contribution < -0.4 is 0 Å². The number of hydrogen-bond acceptors (Lipinski definition) is 4. The highest BCUT2D eigenvalue weighted by Gasteiger charge is 2.09. The molecule has 0 atom stereocenters. The van der Waals surface area contributed by atoms with Gasteiger partial charge < -0.3 is 9.14 Å². The maximum absolute atomic E-state index is 11.8. The maximum atomic E-state index is 11.8. The van der Waals surface area contributed by atoms with Crippen LogP contribution in [-0.4, -0.2) is 20.3 Å². The predicted octanol–water partition coefficient (Wildman–Crippen LogP) is 3.39. The molecule has 0 radical (unpaired) electrons. The van der Waals surface area contributed by atoms with Crippen LogP contribution in [0.1, 0.15) is 16.1 Å². The van der Waals surface area contributed by atoms with Crippen molar-refractivity contribution in [3.8, 4) is 0 Å². The lowest BCUT2D eigenvalue weighted by molar-refractivity contribution is 0.0468. The van der Waals surface area contributed by atoms with Crippen molar-refractivity contribution in [2.24, 2.45) is 0 Å². The summed E-state index contributed by atoms with van der Waals surface area (Å²) in [5.41, 5.74) is 1.71. The number of fused-ring (bicyclic) bond motifs is 1. The quantitative estimate of drug-likeness (QED) is 0.548. The number of imidazole rings is 1. The fourth-order valence-electron chi connectivity index (χ4n) is 1.81. The molecule has 0 unspecified atom stereocenters. The number of carbonyl (C=O) groups is 1. The van der Waals surface area contributed by atoms with Crippen molar-refractivity contribution < 1.29 is 9.53 Å². The van der Waals surface area contributed by atoms with E-state index in [0.29, 0.717) is 21.4 Å². The van der Waals surface area contributed by atoms with Crippen molar-refractivity contribution >= 4 is 34.8 Å². The summed E-state index contributed by atoms with van der Waals surface area (Å²) in [6.45, 7) is 0.0702. The number of carbonyl (C=O) groups excluding carboxylic acids is 1. The molecule has 0 N–H and O–H groups in total. The second-order valence-corrected chi connectivity index (χ2v) is 5.11. The molecule has 21 heavy (non-hydrogen) atoms. The monoisotopic (exact) mass is 321 g/mol. The van der Waals surface area contributed by atoms with Crippen LogP contribution in [0.4, 0.5) is 0 Å². The first-order valence-electron chi connectivity index (χ1n) is 6.03. The molecule has 0 amide bonds. The van der Waals surface area contributed by atoms with Crippen LogP contribution in [0.25, 0.3) is 5.65 Å². The SMILES string of the molecule is O=C(OCc1cn2cc(Cl)ccc2n1)c1ccc(Cl)nc1. The number of ether oxygens (including phenoxy) is 1. The van der Waals surface area contributed by atoms with Crippen LogP contribution in [-0.2, 0) is 11.3 Å². The topological polar surface area (TPSA) is 56.5 Å². The molecule has 3 rings (SSSR count). The number of aromatic nitrogens is 3. The minimum atomic E-state index is -0.478. The van der Waals surface area contributed by atoms with Gasteiger partial charge >= 0.3 is 5.97 Å². The highest BCUT2D eigenvalue weighted by Crippen LogP contribution is 2.13. The second kappa shape index (κ2) is 5.71. The number of esters is 1. The molecule has 3 aromatic rings. The third-order valence-corrected chi connectivity index (χ3v) is 3.23. The van der Waals surface area contributed by atoms with E-state index >= 15 is 0 Å². The van der Waals surface area contributed by atoms with E-state index in [9.17, 15) is 4.79 Å². The fraction of sp³-hybridized carbons (Fsp3) is 0.0714. The summed E-state index contributed by atoms with van der Waals surface area (Å²) < 4.78 is 6.96. The number of hydrogen-bond donors (Lipinski definition) is 0. The summed E-state index contributed by atoms with van der Waals surface area (Å²) in [7, 11) is 0. The Morgan fingerprint density at radius 1 is 1.19 bits per heavy atom. The molecule has 0 spiro atoms. The van der Waals surface area contributed by atoms with Gasteiger partial charge in [-0.05, 0) is 24.3 Å². The van der Waals surface area contributed by atoms with E-state index in [0.717, 1.165) is 5.65 Å². The average molecular weight is 322 g/mol. The third kappa shape index (κ3) is 3.15. The van der Waals surface area contributed by atoms with Gasteiger partial charge in [-0.25, -0.2) is 14.8 Å². The highest BCUT2D eigenvalue weighted by atomic mass is 35.5. The number of rotatable bonds is 3. The number of nitrogens with zero attached hydrogens (tertiary/aromatic N) is 3. The molecule has 0 aliphatic carbocycles. The second-order valence-electron chi connectivity index (χ2n) is 4.29. The van der Waals surface area contributed by atoms with Crippen molar-refractivity contribution in [3.05, 3.63) is 64.3 Å². The summed E-state index contributed by atoms with van der Waals surface area (Å²) in [6, 6.07) is 6.63. The molecular weight excluding hydrogens is 313 g/mol. The van der Waals surface area contributed by atoms with Crippen molar-refractivity contribution in [1.82, 2.24) is 14.4 Å². The number of halogens is 2. The van der Waals surface area contributed by atoms with E-state index in [1.165, 1.54) is 12.3 Å². The maximum Gasteiger partial charge on any atom is 0.340 e. The molecule has 0 bridgehead atoms. The minimum Gasteiger partial charge on any atom is -0.455 e. The van der Waals surface area contributed by atoms with E-state index in [1.807, 2.05) is 0 Å². The van der Waals surface area contributed by atoms with Gasteiger partial charge in [-0.3, -0.25) is 0 Å². The van der Waals surface area contributed by atoms with Crippen LogP contribution in [0, 0.1) is 0 Å². The molecule has 0 aliphatic rings. The number of pyridine rings is 2. The Hall–Kier alpha value is -2.11. The first kappa shape index (κ1) is 13.9. The van der Waals surface area contributed by atoms with Gasteiger partial charge in [-0.2, -0.15) is 0 Å². The Morgan fingerprint density at radius 3 is 2.81 bits per heavy atom. The molecule has 0 aliphatic heterocycles. The summed E-state index contributed by atoms with van der Waals surface area (Å²) in [6.07, 6.45) is 4.86. The van der Waals surface area contributed by atoms with Crippen LogP contribution in [0.2, 0.25) is 10.2 Å². The largest absolute Gasteiger partial charge is 0.455 e. The van der Waals surface area contributed by atoms with Crippen molar-refractivity contribution in [1.29, 1.82) is 0 Å². The first-order valence-corrected chi connectivity index (χ1v) is 6.79. The molecule has 5 nitrogen and oxygen atoms in total. The lowest BCUT2D eigenvalue weighted by atomic mass is 10.3. The Bertz CT molecular complexity index is 800. The summed E-state index contributed by atoms with van der Waals surface area (Å²) in [4.78, 5) is 20.0. The molecular formula is C14H9Cl2N3O2. The zero-order chi connectivity index (χ0) is 14.8. The molecule has 7 heteroatoms. The van der Waals surface area contributed by atoms with E-state index in [4.69, 9.17) is 27.9 Å². The van der Waals surface area contributed by atoms with Crippen molar-refractivity contribution in [2.75, 3.05) is 0 Å². The Morgan fingerprint density at radius 2 is 2.05 bits per heavy atom. The van der Waals surface area contributed by atoms with Gasteiger partial charge in [0.15, 0.2) is 0 Å². The van der Waals surface area contributed by atoms with Gasteiger partial charge in [0.1, 0.15) is 17.4 Å². The van der Waals surface area contributed by atoms with Crippen LogP contribution in [0.3, 0.4) is 0 Å². The first-order chi connectivity index (χ1) is 10.1. The van der Waals surface area contributed by atoms with Crippen LogP contribution in [0.15, 0.2) is 42.9 Å². The van der Waals surface area contributed by atoms with Crippen LogP contribution in [0.5, 0.6) is 0 Å². The van der Waals surface area contributed by atoms with Gasteiger partial charge in [-0.15, -0.1) is 0 Å². The van der Waals surface area contributed by atoms with Gasteiger partial charge in [-0.1, -0.05) is 23.2 Å². The Balaban J connectivity index is 1.71. The zero-order valence-corrected chi connectivity index (χ0v) is 12.2. The van der Waals surface area contributed by atoms with Gasteiger partial charge in [0, 0.05) is 18.6 Å². The lowest BCUT2D eigenvalue weighted by Crippen LogP contribution is -2.05. The summed E-state index contributed by atoms with van der Waals surface area (Å²) in [5.74, 6) is -0.478. The fourth-order valence-corrected chi connectivity index (χ4v) is 2.09. The van der Waals surface area contributed by atoms with Crippen molar-refractivity contribution in [2.45, 2.75) is 6.61 Å². The molecule has 0 saturated heterocycles. The molecule has 0 fully saturated rings. The molecule has 0 aromatic carbocycles. The molecule has 106 valence electrons. The van der Waals surface area contributed by atoms with E-state index in [-0.39, 0.29) is 6.61 Å². The predicted molar refractivity (Wildman–Crippen MR) is 78.6 cm³/mol. The van der Waals surface area contributed by atoms with E-state index in [2.05, 4.69) is 9.97 Å². The van der Waals surface area contributed by atoms with Crippen LogP contribution >= 0.6 is 23.2 Å². The highest BCUT2D eigenvalue weighted by molar-refractivity contribution is 6.30. The summed E-state index contributed by atoms with van der Waals surface area (Å²) in [5, 5.41) is 0.930. The van der Waals surface area contributed by atoms with E-state index < -0.39 is 5.97 Å². The smallest absolute Gasteiger partial charge is 0.340 e. The Kier molecular flexibility index (Phi) is 3.77. The van der Waals surface area contributed by atoms with Crippen molar-refractivity contribution in [3.63, 3.8) is 0 Å². The normalized spacial score (nSPS) is 10.8. The molecule has 3 heterocycles. The molecule has 3 aromatic heterocycles. The van der Waals surface area contributed by atoms with Gasteiger partial charge in [0.25, 0.3) is 0 Å². The third-order valence-electron chi connectivity index (χ3n) is 2.78. The van der Waals surface area contributed by atoms with Gasteiger partial charge in [0.2, 0.25) is 0 Å². The minimum absolute atomic E-state index is 0.0702. The average Bonchev–Trinajstić information content (AvgIpc) is 2.87. The molecule has 0 saturated carbocycles. The summed E-state index contributed by atoms with van der Waals surface area (Å²) >= 11 is 11.6. The lowest BCUT2D eigenvalue weighted by Gasteiger charge is -2.02. The standard InChI is InChI=1S/C14H9Cl2N3O2/c15-10-2-4-13-18-11(7-19(13)6-10)8-21-14(20)9-1-3-12(16)17-5-9/h1-7H,8H2. The van der Waals surface area contributed by atoms with Gasteiger partial charge in [0.05, 0.1) is 16.3 Å². The zero-order valence-electron chi connectivity index (χ0n) is 10.7.